The Balaban J connectivity index is 1.50. The Morgan fingerprint density at radius 1 is 1.21 bits per heavy atom. The van der Waals surface area contributed by atoms with Crippen LogP contribution in [0.25, 0.3) is 10.9 Å². The molecule has 1 atom stereocenters. The molecule has 3 N–H and O–H groups in total. The molecule has 1 aliphatic carbocycles. The summed E-state index contributed by atoms with van der Waals surface area (Å²) < 4.78 is 0. The van der Waals surface area contributed by atoms with Gasteiger partial charge in [0.15, 0.2) is 12.5 Å². The average Bonchev–Trinajstić information content (AvgIpc) is 2.94. The lowest BCUT2D eigenvalue weighted by atomic mass is 9.77. The minimum absolute atomic E-state index is 0.111. The first-order valence-electron chi connectivity index (χ1n) is 10.4. The first kappa shape index (κ1) is 19.6. The maximum absolute atomic E-state index is 13.1. The molecule has 8 heteroatoms. The molecule has 154 valence electrons. The summed E-state index contributed by atoms with van der Waals surface area (Å²) in [5.74, 6) is 1.03. The number of para-hydroxylation sites is 1. The van der Waals surface area contributed by atoms with Crippen molar-refractivity contribution in [2.45, 2.75) is 51.6 Å². The number of nitrogens with zero attached hydrogens (tertiary/aromatic N) is 2. The molecule has 1 aliphatic heterocycles. The second kappa shape index (κ2) is 7.59. The van der Waals surface area contributed by atoms with Crippen LogP contribution in [-0.2, 0) is 11.3 Å². The molecular formula is C21H28N5O3+. The van der Waals surface area contributed by atoms with E-state index in [1.54, 1.807) is 6.07 Å². The maximum Gasteiger partial charge on any atom is 0.329 e. The zero-order valence-corrected chi connectivity index (χ0v) is 17.0. The lowest BCUT2D eigenvalue weighted by Gasteiger charge is -2.33. The molecule has 2 fully saturated rings. The van der Waals surface area contributed by atoms with Crippen molar-refractivity contribution in [2.75, 3.05) is 13.2 Å². The summed E-state index contributed by atoms with van der Waals surface area (Å²) in [6.07, 6.45) is 3.31. The summed E-state index contributed by atoms with van der Waals surface area (Å²) in [5, 5.41) is 3.52. The molecule has 8 nitrogen and oxygen atoms in total. The van der Waals surface area contributed by atoms with Crippen LogP contribution in [0.1, 0.15) is 45.4 Å². The number of benzene rings is 1. The van der Waals surface area contributed by atoms with Crippen molar-refractivity contribution in [1.29, 1.82) is 0 Å². The van der Waals surface area contributed by atoms with Gasteiger partial charge in [0.1, 0.15) is 12.1 Å². The van der Waals surface area contributed by atoms with Crippen LogP contribution in [0.15, 0.2) is 29.1 Å². The number of hydrogen-bond donors (Lipinski definition) is 3. The van der Waals surface area contributed by atoms with Gasteiger partial charge in [-0.3, -0.25) is 9.59 Å². The molecule has 2 aliphatic rings. The van der Waals surface area contributed by atoms with E-state index < -0.39 is 5.54 Å². The van der Waals surface area contributed by atoms with E-state index >= 15 is 0 Å². The molecule has 1 unspecified atom stereocenters. The van der Waals surface area contributed by atoms with Crippen molar-refractivity contribution < 1.29 is 14.5 Å². The molecule has 2 heterocycles. The SMILES string of the molecule is CC[NH+](Cc1nc2ccccc2c(=O)[nH]1)CN1C(=O)NC2(CCC(C)CC2)C1=O. The molecule has 3 amide bonds. The fraction of sp³-hybridized carbons (Fsp3) is 0.524. The van der Waals surface area contributed by atoms with Gasteiger partial charge in [-0.1, -0.05) is 19.1 Å². The molecular weight excluding hydrogens is 370 g/mol. The molecule has 29 heavy (non-hydrogen) atoms. The second-order valence-electron chi connectivity index (χ2n) is 8.40. The van der Waals surface area contributed by atoms with Gasteiger partial charge in [0.25, 0.3) is 11.5 Å². The van der Waals surface area contributed by atoms with Crippen LogP contribution in [0.2, 0.25) is 0 Å². The largest absolute Gasteiger partial charge is 0.329 e. The van der Waals surface area contributed by atoms with Crippen molar-refractivity contribution in [3.63, 3.8) is 0 Å². The molecule has 1 aromatic carbocycles. The van der Waals surface area contributed by atoms with Gasteiger partial charge in [-0.15, -0.1) is 0 Å². The first-order valence-corrected chi connectivity index (χ1v) is 10.4. The van der Waals surface area contributed by atoms with Gasteiger partial charge in [-0.05, 0) is 50.7 Å². The minimum Gasteiger partial charge on any atom is -0.323 e. The predicted molar refractivity (Wildman–Crippen MR) is 108 cm³/mol. The van der Waals surface area contributed by atoms with Crippen LogP contribution in [0.4, 0.5) is 4.79 Å². The highest BCUT2D eigenvalue weighted by molar-refractivity contribution is 6.06. The van der Waals surface area contributed by atoms with Gasteiger partial charge in [-0.25, -0.2) is 14.7 Å². The Hall–Kier alpha value is -2.74. The number of imide groups is 1. The smallest absolute Gasteiger partial charge is 0.323 e. The van der Waals surface area contributed by atoms with Crippen LogP contribution in [-0.4, -0.2) is 45.6 Å². The predicted octanol–water partition coefficient (Wildman–Crippen LogP) is 0.786. The number of fused-ring (bicyclic) bond motifs is 1. The number of urea groups is 1. The summed E-state index contributed by atoms with van der Waals surface area (Å²) in [6, 6.07) is 6.90. The van der Waals surface area contributed by atoms with Crippen molar-refractivity contribution >= 4 is 22.8 Å². The van der Waals surface area contributed by atoms with E-state index in [2.05, 4.69) is 22.2 Å². The van der Waals surface area contributed by atoms with E-state index in [4.69, 9.17) is 0 Å². The number of aromatic amines is 1. The highest BCUT2D eigenvalue weighted by Gasteiger charge is 2.52. The van der Waals surface area contributed by atoms with Gasteiger partial charge >= 0.3 is 6.03 Å². The van der Waals surface area contributed by atoms with Crippen LogP contribution in [0, 0.1) is 5.92 Å². The third kappa shape index (κ3) is 3.64. The Morgan fingerprint density at radius 2 is 1.93 bits per heavy atom. The lowest BCUT2D eigenvalue weighted by molar-refractivity contribution is -0.919. The lowest BCUT2D eigenvalue weighted by Crippen LogP contribution is -3.12. The van der Waals surface area contributed by atoms with Crippen LogP contribution < -0.4 is 15.8 Å². The van der Waals surface area contributed by atoms with Crippen molar-refractivity contribution in [3.05, 3.63) is 40.4 Å². The summed E-state index contributed by atoms with van der Waals surface area (Å²) in [5.41, 5.74) is -0.254. The highest BCUT2D eigenvalue weighted by atomic mass is 16.2. The number of nitrogens with one attached hydrogen (secondary N) is 3. The number of carbonyl (C=O) groups is 2. The van der Waals surface area contributed by atoms with E-state index in [9.17, 15) is 14.4 Å². The standard InChI is InChI=1S/C21H27N5O3/c1-3-25(12-17-22-16-7-5-4-6-15(16)18(27)23-17)13-26-19(28)21(24-20(26)29)10-8-14(2)9-11-21/h4-7,14H,3,8-13H2,1-2H3,(H,24,29)(H,22,23,27)/p+1. The normalized spacial score (nSPS) is 25.6. The Bertz CT molecular complexity index is 993. The van der Waals surface area contributed by atoms with E-state index in [0.29, 0.717) is 48.6 Å². The van der Waals surface area contributed by atoms with Crippen LogP contribution in [0.5, 0.6) is 0 Å². The Kier molecular flexibility index (Phi) is 5.12. The number of amides is 3. The molecule has 2 aromatic rings. The van der Waals surface area contributed by atoms with Crippen LogP contribution in [0.3, 0.4) is 0 Å². The first-order chi connectivity index (χ1) is 13.9. The number of quaternary nitrogens is 1. The summed E-state index contributed by atoms with van der Waals surface area (Å²) >= 11 is 0. The van der Waals surface area contributed by atoms with Crippen LogP contribution >= 0.6 is 0 Å². The Labute approximate surface area is 169 Å². The molecule has 1 saturated heterocycles. The third-order valence-corrected chi connectivity index (χ3v) is 6.33. The Morgan fingerprint density at radius 3 is 2.66 bits per heavy atom. The van der Waals surface area contributed by atoms with E-state index in [1.807, 2.05) is 25.1 Å². The maximum atomic E-state index is 13.1. The van der Waals surface area contributed by atoms with E-state index in [-0.39, 0.29) is 24.2 Å². The second-order valence-corrected chi connectivity index (χ2v) is 8.40. The van der Waals surface area contributed by atoms with E-state index in [1.165, 1.54) is 4.90 Å². The fourth-order valence-corrected chi connectivity index (χ4v) is 4.39. The monoisotopic (exact) mass is 398 g/mol. The number of H-pyrrole nitrogens is 1. The average molecular weight is 398 g/mol. The summed E-state index contributed by atoms with van der Waals surface area (Å²) in [6.45, 7) is 5.56. The summed E-state index contributed by atoms with van der Waals surface area (Å²) in [7, 11) is 0. The molecule has 0 bridgehead atoms. The van der Waals surface area contributed by atoms with Gasteiger partial charge in [-0.2, -0.15) is 0 Å². The van der Waals surface area contributed by atoms with Gasteiger partial charge in [0.05, 0.1) is 17.4 Å². The van der Waals surface area contributed by atoms with Gasteiger partial charge in [0.2, 0.25) is 0 Å². The minimum atomic E-state index is -0.724. The van der Waals surface area contributed by atoms with Crippen molar-refractivity contribution in [3.8, 4) is 0 Å². The molecule has 4 rings (SSSR count). The van der Waals surface area contributed by atoms with Gasteiger partial charge < -0.3 is 15.2 Å². The summed E-state index contributed by atoms with van der Waals surface area (Å²) in [4.78, 5) is 47.7. The quantitative estimate of drug-likeness (QED) is 0.649. The zero-order valence-electron chi connectivity index (χ0n) is 17.0. The number of hydrogen-bond acceptors (Lipinski definition) is 4. The molecule has 1 spiro atoms. The van der Waals surface area contributed by atoms with Crippen molar-refractivity contribution in [2.24, 2.45) is 5.92 Å². The van der Waals surface area contributed by atoms with Gasteiger partial charge in [0, 0.05) is 0 Å². The number of rotatable bonds is 5. The topological polar surface area (TPSA) is 99.6 Å². The van der Waals surface area contributed by atoms with E-state index in [0.717, 1.165) is 17.7 Å². The number of carbonyl (C=O) groups excluding carboxylic acids is 2. The van der Waals surface area contributed by atoms with Crippen molar-refractivity contribution in [1.82, 2.24) is 20.2 Å². The number of aromatic nitrogens is 2. The fourth-order valence-electron chi connectivity index (χ4n) is 4.39. The zero-order chi connectivity index (χ0) is 20.6. The molecule has 0 radical (unpaired) electrons. The molecule has 1 aromatic heterocycles. The molecule has 1 saturated carbocycles. The third-order valence-electron chi connectivity index (χ3n) is 6.33. The highest BCUT2D eigenvalue weighted by Crippen LogP contribution is 2.35.